The number of methoxy groups -OCH3 is 1. The third-order valence-corrected chi connectivity index (χ3v) is 7.30. The zero-order chi connectivity index (χ0) is 27.6. The van der Waals surface area contributed by atoms with Crippen LogP contribution in [0.25, 0.3) is 22.1 Å². The molecule has 3 heterocycles. The number of anilines is 1. The summed E-state index contributed by atoms with van der Waals surface area (Å²) in [5.41, 5.74) is -0.268. The number of rotatable bonds is 6. The number of carbonyl (C=O) groups excluding carboxylic acids is 1. The van der Waals surface area contributed by atoms with E-state index in [9.17, 15) is 35.2 Å². The van der Waals surface area contributed by atoms with Gasteiger partial charge in [0.2, 0.25) is 10.0 Å². The van der Waals surface area contributed by atoms with Gasteiger partial charge in [0.25, 0.3) is 5.92 Å². The molecule has 15 heteroatoms. The number of urea groups is 1. The molecule has 0 radical (unpaired) electrons. The summed E-state index contributed by atoms with van der Waals surface area (Å²) in [5, 5.41) is 3.91. The summed E-state index contributed by atoms with van der Waals surface area (Å²) in [6, 6.07) is -0.485. The van der Waals surface area contributed by atoms with E-state index < -0.39 is 63.6 Å². The number of carbonyl (C=O) groups is 1. The fourth-order valence-corrected chi connectivity index (χ4v) is 5.81. The van der Waals surface area contributed by atoms with Crippen LogP contribution >= 0.6 is 0 Å². The second-order valence-electron chi connectivity index (χ2n) is 9.21. The minimum Gasteiger partial charge on any atom is -0.380 e. The molecule has 0 spiro atoms. The fraction of sp³-hybridized carbons (Fsp3) is 0.391. The van der Waals surface area contributed by atoms with E-state index in [4.69, 9.17) is 9.26 Å². The van der Waals surface area contributed by atoms with Crippen molar-refractivity contribution in [2.45, 2.75) is 31.0 Å². The van der Waals surface area contributed by atoms with Gasteiger partial charge in [0.05, 0.1) is 23.8 Å². The van der Waals surface area contributed by atoms with Crippen molar-refractivity contribution in [1.82, 2.24) is 14.8 Å². The average molecular weight is 561 g/mol. The van der Waals surface area contributed by atoms with Crippen molar-refractivity contribution in [3.8, 4) is 11.1 Å². The van der Waals surface area contributed by atoms with Crippen LogP contribution in [0.3, 0.4) is 0 Å². The van der Waals surface area contributed by atoms with Gasteiger partial charge in [-0.1, -0.05) is 5.16 Å². The molecule has 2 amide bonds. The lowest BCUT2D eigenvalue weighted by atomic mass is 9.97. The van der Waals surface area contributed by atoms with E-state index in [2.05, 4.69) is 5.16 Å². The standard InChI is InChI=1S/C23H21F5N4O5S/c1-36-10-11-5-13(19-14(25)7-12(24)8-15(19)26)20-16(6-11)37-29-21(20)31-4-3-18-23(27,28)17(30-38(2,34)35)9-32(18)22(31)33/h5-8,17-18,30H,3-4,9-10H2,1-2H3/t17-,18-/m1/s1. The van der Waals surface area contributed by atoms with Crippen molar-refractivity contribution in [2.24, 2.45) is 0 Å². The molecule has 204 valence electrons. The van der Waals surface area contributed by atoms with Crippen LogP contribution in [0, 0.1) is 17.5 Å². The number of halogens is 5. The Morgan fingerprint density at radius 3 is 2.50 bits per heavy atom. The van der Waals surface area contributed by atoms with Gasteiger partial charge in [-0.15, -0.1) is 0 Å². The number of ether oxygens (including phenoxy) is 1. The molecule has 2 fully saturated rings. The number of sulfonamides is 1. The SMILES string of the molecule is COCc1cc(-c2c(F)cc(F)cc2F)c2c(N3CC[C@H]4N(C[C@@H](NS(C)(=O)=O)C4(F)F)C3=O)noc2c1. The molecule has 2 aliphatic heterocycles. The monoisotopic (exact) mass is 560 g/mol. The highest BCUT2D eigenvalue weighted by Crippen LogP contribution is 2.43. The number of amides is 2. The summed E-state index contributed by atoms with van der Waals surface area (Å²) < 4.78 is 109. The van der Waals surface area contributed by atoms with E-state index in [-0.39, 0.29) is 41.9 Å². The summed E-state index contributed by atoms with van der Waals surface area (Å²) in [5.74, 6) is -7.30. The van der Waals surface area contributed by atoms with Gasteiger partial charge < -0.3 is 14.2 Å². The van der Waals surface area contributed by atoms with E-state index in [1.54, 1.807) is 0 Å². The lowest BCUT2D eigenvalue weighted by molar-refractivity contribution is -0.0448. The molecule has 2 atom stereocenters. The summed E-state index contributed by atoms with van der Waals surface area (Å²) in [7, 11) is -2.60. The van der Waals surface area contributed by atoms with Crippen LogP contribution < -0.4 is 9.62 Å². The maximum absolute atomic E-state index is 15.0. The Labute approximate surface area is 213 Å². The number of fused-ring (bicyclic) bond motifs is 2. The molecule has 1 N–H and O–H groups in total. The van der Waals surface area contributed by atoms with Crippen LogP contribution in [0.2, 0.25) is 0 Å². The van der Waals surface area contributed by atoms with Gasteiger partial charge in [0.15, 0.2) is 11.4 Å². The highest BCUT2D eigenvalue weighted by Gasteiger charge is 2.60. The molecule has 0 bridgehead atoms. The Bertz CT molecular complexity index is 1520. The van der Waals surface area contributed by atoms with E-state index in [1.807, 2.05) is 4.72 Å². The van der Waals surface area contributed by atoms with Crippen LogP contribution in [-0.4, -0.2) is 69.0 Å². The molecule has 0 unspecified atom stereocenters. The van der Waals surface area contributed by atoms with Crippen molar-refractivity contribution >= 4 is 32.8 Å². The third-order valence-electron chi connectivity index (χ3n) is 6.58. The lowest BCUT2D eigenvalue weighted by Gasteiger charge is -2.37. The van der Waals surface area contributed by atoms with Gasteiger partial charge in [0.1, 0.15) is 29.5 Å². The van der Waals surface area contributed by atoms with Crippen LogP contribution in [0.5, 0.6) is 0 Å². The second kappa shape index (κ2) is 9.17. The Hall–Kier alpha value is -3.30. The maximum atomic E-state index is 15.0. The number of alkyl halides is 2. The summed E-state index contributed by atoms with van der Waals surface area (Å²) >= 11 is 0. The molecular formula is C23H21F5N4O5S. The molecular weight excluding hydrogens is 539 g/mol. The fourth-order valence-electron chi connectivity index (χ4n) is 5.06. The smallest absolute Gasteiger partial charge is 0.326 e. The third kappa shape index (κ3) is 4.37. The van der Waals surface area contributed by atoms with E-state index >= 15 is 0 Å². The van der Waals surface area contributed by atoms with Crippen LogP contribution in [0.15, 0.2) is 28.8 Å². The van der Waals surface area contributed by atoms with E-state index in [0.717, 1.165) is 16.1 Å². The molecule has 5 rings (SSSR count). The molecule has 2 saturated heterocycles. The molecule has 9 nitrogen and oxygen atoms in total. The number of nitrogens with zero attached hydrogens (tertiary/aromatic N) is 3. The number of hydrogen-bond acceptors (Lipinski definition) is 6. The maximum Gasteiger partial charge on any atom is 0.326 e. The summed E-state index contributed by atoms with van der Waals surface area (Å²) in [4.78, 5) is 15.3. The molecule has 2 aliphatic rings. The zero-order valence-electron chi connectivity index (χ0n) is 20.0. The van der Waals surface area contributed by atoms with Gasteiger partial charge >= 0.3 is 6.03 Å². The normalized spacial score (nSPS) is 21.4. The first kappa shape index (κ1) is 26.3. The molecule has 38 heavy (non-hydrogen) atoms. The number of aromatic nitrogens is 1. The largest absolute Gasteiger partial charge is 0.380 e. The first-order valence-corrected chi connectivity index (χ1v) is 13.2. The predicted octanol–water partition coefficient (Wildman–Crippen LogP) is 3.63. The Morgan fingerprint density at radius 2 is 1.87 bits per heavy atom. The lowest BCUT2D eigenvalue weighted by Crippen LogP contribution is -2.56. The zero-order valence-corrected chi connectivity index (χ0v) is 20.8. The van der Waals surface area contributed by atoms with Crippen LogP contribution in [0.4, 0.5) is 32.6 Å². The molecule has 0 aliphatic carbocycles. The molecule has 2 aromatic carbocycles. The van der Waals surface area contributed by atoms with Gasteiger partial charge in [-0.2, -0.15) is 0 Å². The van der Waals surface area contributed by atoms with Crippen LogP contribution in [-0.2, 0) is 21.4 Å². The highest BCUT2D eigenvalue weighted by molar-refractivity contribution is 7.88. The minimum absolute atomic E-state index is 0.00201. The minimum atomic E-state index is -4.00. The van der Waals surface area contributed by atoms with Gasteiger partial charge in [-0.3, -0.25) is 4.90 Å². The first-order chi connectivity index (χ1) is 17.8. The Balaban J connectivity index is 1.61. The summed E-state index contributed by atoms with van der Waals surface area (Å²) in [6.07, 6.45) is 0.481. The molecule has 1 aromatic heterocycles. The summed E-state index contributed by atoms with van der Waals surface area (Å²) in [6.45, 7) is -0.857. The predicted molar refractivity (Wildman–Crippen MR) is 125 cm³/mol. The quantitative estimate of drug-likeness (QED) is 0.462. The van der Waals surface area contributed by atoms with Gasteiger partial charge in [-0.25, -0.2) is 39.9 Å². The Kier molecular flexibility index (Phi) is 6.35. The Morgan fingerprint density at radius 1 is 1.18 bits per heavy atom. The topological polar surface area (TPSA) is 105 Å². The number of nitrogens with one attached hydrogen (secondary N) is 1. The average Bonchev–Trinajstić information content (AvgIpc) is 3.32. The van der Waals surface area contributed by atoms with Crippen molar-refractivity contribution in [1.29, 1.82) is 0 Å². The second-order valence-corrected chi connectivity index (χ2v) is 11.0. The highest BCUT2D eigenvalue weighted by atomic mass is 32.2. The van der Waals surface area contributed by atoms with Gasteiger partial charge in [0, 0.05) is 37.9 Å². The van der Waals surface area contributed by atoms with Crippen molar-refractivity contribution in [3.63, 3.8) is 0 Å². The van der Waals surface area contributed by atoms with Crippen molar-refractivity contribution < 1.29 is 44.4 Å². The van der Waals surface area contributed by atoms with E-state index in [1.165, 1.54) is 19.2 Å². The number of benzene rings is 2. The van der Waals surface area contributed by atoms with Gasteiger partial charge in [-0.05, 0) is 24.1 Å². The van der Waals surface area contributed by atoms with E-state index in [0.29, 0.717) is 17.7 Å². The van der Waals surface area contributed by atoms with Crippen LogP contribution in [0.1, 0.15) is 12.0 Å². The first-order valence-electron chi connectivity index (χ1n) is 11.3. The van der Waals surface area contributed by atoms with Crippen molar-refractivity contribution in [2.75, 3.05) is 31.4 Å². The molecule has 3 aromatic rings. The van der Waals surface area contributed by atoms with Crippen molar-refractivity contribution in [3.05, 3.63) is 47.3 Å². The molecule has 0 saturated carbocycles. The number of hydrogen-bond donors (Lipinski definition) is 1.